The van der Waals surface area contributed by atoms with Gasteiger partial charge in [-0.15, -0.1) is 0 Å². The maximum absolute atomic E-state index is 13.1. The molecule has 0 aliphatic carbocycles. The van der Waals surface area contributed by atoms with Crippen LogP contribution in [0.25, 0.3) is 0 Å². The van der Waals surface area contributed by atoms with Crippen LogP contribution in [0.5, 0.6) is 0 Å². The summed E-state index contributed by atoms with van der Waals surface area (Å²) in [6.45, 7) is 6.29. The molecule has 1 heterocycles. The molecule has 1 aromatic rings. The van der Waals surface area contributed by atoms with Crippen molar-refractivity contribution < 1.29 is 8.78 Å². The van der Waals surface area contributed by atoms with Crippen LogP contribution >= 0.6 is 0 Å². The minimum absolute atomic E-state index is 0.213. The predicted molar refractivity (Wildman–Crippen MR) is 60.2 cm³/mol. The van der Waals surface area contributed by atoms with Gasteiger partial charge in [0.1, 0.15) is 0 Å². The molecule has 16 heavy (non-hydrogen) atoms. The molecule has 1 saturated heterocycles. The average molecular weight is 225 g/mol. The Bertz CT molecular complexity index is 384. The van der Waals surface area contributed by atoms with Crippen molar-refractivity contribution in [3.05, 3.63) is 35.4 Å². The van der Waals surface area contributed by atoms with Gasteiger partial charge in [0.25, 0.3) is 0 Å². The molecule has 2 rings (SSSR count). The molecular formula is C13H17F2N. The lowest BCUT2D eigenvalue weighted by Gasteiger charge is -2.46. The second-order valence-electron chi connectivity index (χ2n) is 5.05. The molecule has 1 fully saturated rings. The lowest BCUT2D eigenvalue weighted by atomic mass is 9.68. The fourth-order valence-electron chi connectivity index (χ4n) is 2.24. The highest BCUT2D eigenvalue weighted by Crippen LogP contribution is 2.35. The molecule has 1 nitrogen and oxygen atoms in total. The third-order valence-electron chi connectivity index (χ3n) is 3.72. The molecule has 0 aromatic heterocycles. The van der Waals surface area contributed by atoms with Crippen molar-refractivity contribution in [1.29, 1.82) is 0 Å². The molecule has 0 unspecified atom stereocenters. The Hall–Kier alpha value is -0.960. The highest BCUT2D eigenvalue weighted by Gasteiger charge is 2.39. The van der Waals surface area contributed by atoms with Gasteiger partial charge in [0, 0.05) is 18.5 Å². The van der Waals surface area contributed by atoms with Crippen molar-refractivity contribution in [1.82, 2.24) is 5.32 Å². The van der Waals surface area contributed by atoms with E-state index in [9.17, 15) is 8.78 Å². The molecular weight excluding hydrogens is 208 g/mol. The van der Waals surface area contributed by atoms with E-state index in [0.717, 1.165) is 25.1 Å². The Kier molecular flexibility index (Phi) is 2.98. The summed E-state index contributed by atoms with van der Waals surface area (Å²) in [4.78, 5) is 0. The topological polar surface area (TPSA) is 12.0 Å². The highest BCUT2D eigenvalue weighted by molar-refractivity contribution is 5.20. The quantitative estimate of drug-likeness (QED) is 0.834. The molecule has 0 amide bonds. The maximum atomic E-state index is 13.1. The van der Waals surface area contributed by atoms with E-state index in [1.54, 1.807) is 6.07 Å². The summed E-state index contributed by atoms with van der Waals surface area (Å²) in [5.74, 6) is -0.973. The van der Waals surface area contributed by atoms with Gasteiger partial charge in [0.05, 0.1) is 0 Å². The first-order chi connectivity index (χ1) is 7.53. The first-order valence-electron chi connectivity index (χ1n) is 5.68. The third-order valence-corrected chi connectivity index (χ3v) is 3.72. The molecule has 0 atom stereocenters. The smallest absolute Gasteiger partial charge is 0.159 e. The average Bonchev–Trinajstić information content (AvgIpc) is 2.16. The minimum Gasteiger partial charge on any atom is -0.315 e. The molecule has 0 spiro atoms. The zero-order chi connectivity index (χ0) is 11.8. The number of benzene rings is 1. The van der Waals surface area contributed by atoms with E-state index in [-0.39, 0.29) is 5.41 Å². The largest absolute Gasteiger partial charge is 0.315 e. The van der Waals surface area contributed by atoms with Crippen LogP contribution in [-0.4, -0.2) is 13.1 Å². The predicted octanol–water partition coefficient (Wildman–Crippen LogP) is 2.75. The zero-order valence-electron chi connectivity index (χ0n) is 9.69. The van der Waals surface area contributed by atoms with Crippen molar-refractivity contribution in [3.63, 3.8) is 0 Å². The zero-order valence-corrected chi connectivity index (χ0v) is 9.69. The first kappa shape index (κ1) is 11.5. The lowest BCUT2D eigenvalue weighted by molar-refractivity contribution is 0.0993. The monoisotopic (exact) mass is 225 g/mol. The summed E-state index contributed by atoms with van der Waals surface area (Å²) in [5.41, 5.74) is 1.10. The summed E-state index contributed by atoms with van der Waals surface area (Å²) < 4.78 is 25.9. The van der Waals surface area contributed by atoms with Gasteiger partial charge in [-0.2, -0.15) is 0 Å². The second-order valence-corrected chi connectivity index (χ2v) is 5.05. The van der Waals surface area contributed by atoms with Crippen LogP contribution in [0.3, 0.4) is 0 Å². The Morgan fingerprint density at radius 2 is 1.94 bits per heavy atom. The number of halogens is 2. The molecule has 1 aromatic carbocycles. The van der Waals surface area contributed by atoms with E-state index in [1.807, 2.05) is 0 Å². The van der Waals surface area contributed by atoms with Crippen LogP contribution in [0.15, 0.2) is 18.2 Å². The van der Waals surface area contributed by atoms with Crippen molar-refractivity contribution in [2.45, 2.75) is 20.3 Å². The molecule has 88 valence electrons. The number of hydrogen-bond acceptors (Lipinski definition) is 1. The summed E-state index contributed by atoms with van der Waals surface area (Å²) in [7, 11) is 0. The van der Waals surface area contributed by atoms with E-state index in [2.05, 4.69) is 19.2 Å². The Morgan fingerprint density at radius 1 is 1.25 bits per heavy atom. The van der Waals surface area contributed by atoms with Gasteiger partial charge < -0.3 is 5.32 Å². The Labute approximate surface area is 94.9 Å². The Balaban J connectivity index is 2.16. The van der Waals surface area contributed by atoms with Crippen LogP contribution in [0.2, 0.25) is 0 Å². The maximum Gasteiger partial charge on any atom is 0.159 e. The molecule has 0 radical (unpaired) electrons. The third kappa shape index (κ3) is 1.96. The van der Waals surface area contributed by atoms with E-state index in [0.29, 0.717) is 5.92 Å². The molecule has 1 aliphatic heterocycles. The Morgan fingerprint density at radius 3 is 2.38 bits per heavy atom. The lowest BCUT2D eigenvalue weighted by Crippen LogP contribution is -2.57. The van der Waals surface area contributed by atoms with Gasteiger partial charge in [-0.1, -0.05) is 19.9 Å². The van der Waals surface area contributed by atoms with Gasteiger partial charge in [-0.05, 0) is 30.0 Å². The molecule has 0 bridgehead atoms. The number of rotatable bonds is 3. The minimum atomic E-state index is -0.769. The van der Waals surface area contributed by atoms with Crippen LogP contribution in [0.1, 0.15) is 19.4 Å². The van der Waals surface area contributed by atoms with Crippen molar-refractivity contribution in [2.75, 3.05) is 13.1 Å². The fourth-order valence-corrected chi connectivity index (χ4v) is 2.24. The fraction of sp³-hybridized carbons (Fsp3) is 0.538. The van der Waals surface area contributed by atoms with Gasteiger partial charge in [0.15, 0.2) is 11.6 Å². The SMILES string of the molecule is CC(C)C1(Cc2ccc(F)c(F)c2)CNC1. The van der Waals surface area contributed by atoms with E-state index in [4.69, 9.17) is 0 Å². The van der Waals surface area contributed by atoms with Crippen molar-refractivity contribution in [3.8, 4) is 0 Å². The van der Waals surface area contributed by atoms with Gasteiger partial charge in [-0.25, -0.2) is 8.78 Å². The first-order valence-corrected chi connectivity index (χ1v) is 5.68. The molecule has 3 heteroatoms. The number of nitrogens with one attached hydrogen (secondary N) is 1. The number of hydrogen-bond donors (Lipinski definition) is 1. The molecule has 1 N–H and O–H groups in total. The standard InChI is InChI=1S/C13H17F2N/c1-9(2)13(7-16-8-13)6-10-3-4-11(14)12(15)5-10/h3-5,9,16H,6-8H2,1-2H3. The summed E-state index contributed by atoms with van der Waals surface area (Å²) >= 11 is 0. The normalized spacial score (nSPS) is 18.6. The van der Waals surface area contributed by atoms with Crippen LogP contribution in [0.4, 0.5) is 8.78 Å². The molecule has 0 saturated carbocycles. The van der Waals surface area contributed by atoms with Crippen LogP contribution < -0.4 is 5.32 Å². The van der Waals surface area contributed by atoms with E-state index < -0.39 is 11.6 Å². The highest BCUT2D eigenvalue weighted by atomic mass is 19.2. The van der Waals surface area contributed by atoms with Gasteiger partial charge in [-0.3, -0.25) is 0 Å². The van der Waals surface area contributed by atoms with Crippen molar-refractivity contribution >= 4 is 0 Å². The van der Waals surface area contributed by atoms with Crippen molar-refractivity contribution in [2.24, 2.45) is 11.3 Å². The van der Waals surface area contributed by atoms with E-state index in [1.165, 1.54) is 12.1 Å². The summed E-state index contributed by atoms with van der Waals surface area (Å²) in [6.07, 6.45) is 0.814. The van der Waals surface area contributed by atoms with Gasteiger partial charge >= 0.3 is 0 Å². The summed E-state index contributed by atoms with van der Waals surface area (Å²) in [5, 5.41) is 3.26. The summed E-state index contributed by atoms with van der Waals surface area (Å²) in [6, 6.07) is 4.21. The molecule has 1 aliphatic rings. The van der Waals surface area contributed by atoms with Crippen LogP contribution in [0, 0.1) is 23.0 Å². The van der Waals surface area contributed by atoms with Crippen LogP contribution in [-0.2, 0) is 6.42 Å². The van der Waals surface area contributed by atoms with Gasteiger partial charge in [0.2, 0.25) is 0 Å². The second kappa shape index (κ2) is 4.13. The van der Waals surface area contributed by atoms with E-state index >= 15 is 0 Å².